The van der Waals surface area contributed by atoms with Gasteiger partial charge in [-0.05, 0) is 50.9 Å². The van der Waals surface area contributed by atoms with Gasteiger partial charge in [-0.15, -0.1) is 0 Å². The normalized spacial score (nSPS) is 37.1. The summed E-state index contributed by atoms with van der Waals surface area (Å²) in [5.41, 5.74) is 0. The van der Waals surface area contributed by atoms with Crippen molar-refractivity contribution < 1.29 is 8.42 Å². The molecule has 0 unspecified atom stereocenters. The molecule has 2 aliphatic rings. The van der Waals surface area contributed by atoms with Gasteiger partial charge in [-0.1, -0.05) is 6.42 Å². The molecule has 0 heterocycles. The molecule has 2 saturated carbocycles. The van der Waals surface area contributed by atoms with Crippen LogP contribution < -0.4 is 4.72 Å². The molecular formula is C11H21NO2S. The Morgan fingerprint density at radius 3 is 2.53 bits per heavy atom. The average molecular weight is 231 g/mol. The zero-order chi connectivity index (χ0) is 11.1. The van der Waals surface area contributed by atoms with Crippen LogP contribution >= 0.6 is 0 Å². The summed E-state index contributed by atoms with van der Waals surface area (Å²) < 4.78 is 25.7. The Labute approximate surface area is 92.7 Å². The average Bonchev–Trinajstić information content (AvgIpc) is 2.78. The number of hydrogen-bond donors (Lipinski definition) is 1. The highest BCUT2D eigenvalue weighted by Crippen LogP contribution is 2.49. The third-order valence-electron chi connectivity index (χ3n) is 4.18. The van der Waals surface area contributed by atoms with Crippen LogP contribution in [0, 0.1) is 17.8 Å². The predicted molar refractivity (Wildman–Crippen MR) is 61.0 cm³/mol. The van der Waals surface area contributed by atoms with Crippen molar-refractivity contribution in [1.82, 2.24) is 4.72 Å². The van der Waals surface area contributed by atoms with Gasteiger partial charge in [0.2, 0.25) is 10.0 Å². The predicted octanol–water partition coefficient (Wildman–Crippen LogP) is 1.75. The van der Waals surface area contributed by atoms with Gasteiger partial charge in [-0.2, -0.15) is 0 Å². The minimum absolute atomic E-state index is 0.130. The van der Waals surface area contributed by atoms with Gasteiger partial charge in [-0.3, -0.25) is 0 Å². The van der Waals surface area contributed by atoms with Crippen molar-refractivity contribution in [3.05, 3.63) is 0 Å². The minimum atomic E-state index is -3.02. The molecule has 4 atom stereocenters. The lowest BCUT2D eigenvalue weighted by Gasteiger charge is -2.28. The topological polar surface area (TPSA) is 46.2 Å². The fourth-order valence-corrected chi connectivity index (χ4v) is 4.27. The van der Waals surface area contributed by atoms with Crippen molar-refractivity contribution in [2.24, 2.45) is 17.8 Å². The monoisotopic (exact) mass is 231 g/mol. The second kappa shape index (κ2) is 4.06. The van der Waals surface area contributed by atoms with Crippen LogP contribution in [0.25, 0.3) is 0 Å². The van der Waals surface area contributed by atoms with Gasteiger partial charge in [0.15, 0.2) is 0 Å². The first-order valence-electron chi connectivity index (χ1n) is 6.02. The van der Waals surface area contributed by atoms with Crippen LogP contribution in [0.5, 0.6) is 0 Å². The second-order valence-corrected chi connectivity index (χ2v) is 7.19. The molecule has 2 aliphatic carbocycles. The number of rotatable bonds is 4. The molecule has 88 valence electrons. The lowest BCUT2D eigenvalue weighted by molar-refractivity contribution is 0.280. The second-order valence-electron chi connectivity index (χ2n) is 5.15. The molecular weight excluding hydrogens is 210 g/mol. The van der Waals surface area contributed by atoms with E-state index in [1.165, 1.54) is 25.7 Å². The zero-order valence-electron chi connectivity index (χ0n) is 9.57. The Hall–Kier alpha value is -0.0900. The molecule has 0 spiro atoms. The smallest absolute Gasteiger partial charge is 0.211 e. The fourth-order valence-electron chi connectivity index (χ4n) is 3.36. The van der Waals surface area contributed by atoms with Crippen molar-refractivity contribution in [3.8, 4) is 0 Å². The van der Waals surface area contributed by atoms with Crippen LogP contribution in [-0.2, 0) is 10.0 Å². The summed E-state index contributed by atoms with van der Waals surface area (Å²) in [6.07, 6.45) is 5.25. The molecule has 4 heteroatoms. The summed E-state index contributed by atoms with van der Waals surface area (Å²) in [6, 6.07) is 0.130. The molecule has 3 nitrogen and oxygen atoms in total. The molecule has 0 saturated heterocycles. The molecule has 2 fully saturated rings. The van der Waals surface area contributed by atoms with Gasteiger partial charge in [0.1, 0.15) is 0 Å². The lowest BCUT2D eigenvalue weighted by Crippen LogP contribution is -2.40. The molecule has 0 aromatic carbocycles. The number of hydrogen-bond acceptors (Lipinski definition) is 2. The molecule has 2 rings (SSSR count). The first-order chi connectivity index (χ1) is 7.02. The maximum absolute atomic E-state index is 11.5. The van der Waals surface area contributed by atoms with Gasteiger partial charge in [0.25, 0.3) is 0 Å². The van der Waals surface area contributed by atoms with Crippen LogP contribution in [0.15, 0.2) is 0 Å². The number of nitrogens with one attached hydrogen (secondary N) is 1. The minimum Gasteiger partial charge on any atom is -0.212 e. The highest BCUT2D eigenvalue weighted by atomic mass is 32.2. The van der Waals surface area contributed by atoms with Crippen LogP contribution in [-0.4, -0.2) is 20.2 Å². The van der Waals surface area contributed by atoms with Crippen LogP contribution in [0.3, 0.4) is 0 Å². The number of sulfonamides is 1. The van der Waals surface area contributed by atoms with E-state index < -0.39 is 10.0 Å². The Bertz CT molecular complexity index is 325. The standard InChI is InChI=1S/C11H21NO2S/c1-3-15(13,14)12-8(2)11-7-9-4-5-10(11)6-9/h8-12H,3-7H2,1-2H3/t8-,9+,10+,11-/m1/s1. The van der Waals surface area contributed by atoms with E-state index in [4.69, 9.17) is 0 Å². The lowest BCUT2D eigenvalue weighted by atomic mass is 9.84. The Morgan fingerprint density at radius 1 is 1.33 bits per heavy atom. The van der Waals surface area contributed by atoms with Crippen LogP contribution in [0.1, 0.15) is 39.5 Å². The van der Waals surface area contributed by atoms with Crippen molar-refractivity contribution >= 4 is 10.0 Å². The fraction of sp³-hybridized carbons (Fsp3) is 1.00. The maximum Gasteiger partial charge on any atom is 0.211 e. The van der Waals surface area contributed by atoms with Crippen molar-refractivity contribution in [1.29, 1.82) is 0 Å². The third-order valence-corrected chi connectivity index (χ3v) is 5.67. The van der Waals surface area contributed by atoms with E-state index in [9.17, 15) is 8.42 Å². The Balaban J connectivity index is 1.95. The van der Waals surface area contributed by atoms with E-state index >= 15 is 0 Å². The van der Waals surface area contributed by atoms with Crippen LogP contribution in [0.4, 0.5) is 0 Å². The van der Waals surface area contributed by atoms with E-state index in [-0.39, 0.29) is 11.8 Å². The number of fused-ring (bicyclic) bond motifs is 2. The van der Waals surface area contributed by atoms with E-state index in [1.807, 2.05) is 6.92 Å². The molecule has 0 aromatic rings. The zero-order valence-corrected chi connectivity index (χ0v) is 10.4. The Kier molecular flexibility index (Phi) is 3.08. The summed E-state index contributed by atoms with van der Waals surface area (Å²) in [5, 5.41) is 0. The van der Waals surface area contributed by atoms with Gasteiger partial charge < -0.3 is 0 Å². The summed E-state index contributed by atoms with van der Waals surface area (Å²) in [7, 11) is -3.02. The van der Waals surface area contributed by atoms with E-state index in [1.54, 1.807) is 6.92 Å². The maximum atomic E-state index is 11.5. The first kappa shape index (κ1) is 11.4. The van der Waals surface area contributed by atoms with Crippen molar-refractivity contribution in [2.75, 3.05) is 5.75 Å². The quantitative estimate of drug-likeness (QED) is 0.801. The SMILES string of the molecule is CCS(=O)(=O)N[C@H](C)[C@H]1C[C@H]2CC[C@H]1C2. The summed E-state index contributed by atoms with van der Waals surface area (Å²) >= 11 is 0. The molecule has 0 aliphatic heterocycles. The van der Waals surface area contributed by atoms with Gasteiger partial charge in [0, 0.05) is 6.04 Å². The summed E-state index contributed by atoms with van der Waals surface area (Å²) in [6.45, 7) is 3.72. The summed E-state index contributed by atoms with van der Waals surface area (Å²) in [5.74, 6) is 2.45. The molecule has 0 radical (unpaired) electrons. The Morgan fingerprint density at radius 2 is 2.07 bits per heavy atom. The van der Waals surface area contributed by atoms with Crippen molar-refractivity contribution in [3.63, 3.8) is 0 Å². The van der Waals surface area contributed by atoms with Gasteiger partial charge in [-0.25, -0.2) is 13.1 Å². The first-order valence-corrected chi connectivity index (χ1v) is 7.67. The highest BCUT2D eigenvalue weighted by Gasteiger charge is 2.42. The van der Waals surface area contributed by atoms with Crippen LogP contribution in [0.2, 0.25) is 0 Å². The molecule has 2 bridgehead atoms. The third kappa shape index (κ3) is 2.36. The highest BCUT2D eigenvalue weighted by molar-refractivity contribution is 7.89. The van der Waals surface area contributed by atoms with E-state index in [0.717, 1.165) is 11.8 Å². The molecule has 1 N–H and O–H groups in total. The van der Waals surface area contributed by atoms with Gasteiger partial charge >= 0.3 is 0 Å². The van der Waals surface area contributed by atoms with E-state index in [2.05, 4.69) is 4.72 Å². The van der Waals surface area contributed by atoms with Crippen molar-refractivity contribution in [2.45, 2.75) is 45.6 Å². The largest absolute Gasteiger partial charge is 0.212 e. The molecule has 0 amide bonds. The van der Waals surface area contributed by atoms with E-state index in [0.29, 0.717) is 5.92 Å². The molecule has 0 aromatic heterocycles. The summed E-state index contributed by atoms with van der Waals surface area (Å²) in [4.78, 5) is 0. The van der Waals surface area contributed by atoms with Gasteiger partial charge in [0.05, 0.1) is 5.75 Å². The molecule has 15 heavy (non-hydrogen) atoms.